The molecule has 1 fully saturated rings. The summed E-state index contributed by atoms with van der Waals surface area (Å²) < 4.78 is 44.8. The van der Waals surface area contributed by atoms with Gasteiger partial charge in [-0.1, -0.05) is 36.0 Å². The lowest BCUT2D eigenvalue weighted by Crippen LogP contribution is -2.41. The van der Waals surface area contributed by atoms with Crippen LogP contribution in [0, 0.1) is 0 Å². The van der Waals surface area contributed by atoms with Crippen molar-refractivity contribution in [2.75, 3.05) is 5.75 Å². The van der Waals surface area contributed by atoms with E-state index in [1.807, 2.05) is 27.7 Å². The summed E-state index contributed by atoms with van der Waals surface area (Å²) in [5.41, 5.74) is -0.218. The van der Waals surface area contributed by atoms with E-state index in [0.29, 0.717) is 11.0 Å². The number of thioether (sulfide) groups is 1. The van der Waals surface area contributed by atoms with Gasteiger partial charge in [0.15, 0.2) is 5.12 Å². The number of rotatable bonds is 5. The molecule has 26 heavy (non-hydrogen) atoms. The highest BCUT2D eigenvalue weighted by Gasteiger charge is 2.52. The summed E-state index contributed by atoms with van der Waals surface area (Å²) in [5, 5.41) is -0.0736. The highest BCUT2D eigenvalue weighted by molar-refractivity contribution is 8.13. The van der Waals surface area contributed by atoms with E-state index >= 15 is 0 Å². The smallest absolute Gasteiger partial charge is 0.400 e. The van der Waals surface area contributed by atoms with Crippen LogP contribution in [-0.2, 0) is 24.2 Å². The van der Waals surface area contributed by atoms with Crippen molar-refractivity contribution in [3.05, 3.63) is 35.3 Å². The zero-order chi connectivity index (χ0) is 19.8. The molecule has 0 radical (unpaired) electrons. The molecule has 1 N–H and O–H groups in total. The Hall–Kier alpha value is -1.13. The molecule has 0 unspecified atom stereocenters. The summed E-state index contributed by atoms with van der Waals surface area (Å²) in [6, 6.07) is 6.09. The Morgan fingerprint density at radius 1 is 1.19 bits per heavy atom. The van der Waals surface area contributed by atoms with Gasteiger partial charge in [-0.25, -0.2) is 0 Å². The van der Waals surface area contributed by atoms with Crippen LogP contribution in [0.1, 0.15) is 40.2 Å². The van der Waals surface area contributed by atoms with Gasteiger partial charge >= 0.3 is 7.12 Å². The SMILES string of the molecule is CC(=O)SCC(=Cc1ccccc1S(=O)(=O)O)B1OC(C)(C)C(C)(C)O1. The molecule has 0 amide bonds. The number of carbonyl (C=O) groups is 1. The second kappa shape index (κ2) is 7.48. The van der Waals surface area contributed by atoms with Crippen molar-refractivity contribution < 1.29 is 27.1 Å². The van der Waals surface area contributed by atoms with Crippen LogP contribution in [0.15, 0.2) is 34.6 Å². The van der Waals surface area contributed by atoms with Gasteiger partial charge in [-0.15, -0.1) is 0 Å². The number of benzene rings is 1. The van der Waals surface area contributed by atoms with Crippen LogP contribution in [-0.4, -0.2) is 42.2 Å². The molecule has 1 heterocycles. The third kappa shape index (κ3) is 4.78. The fourth-order valence-corrected chi connectivity index (χ4v) is 3.66. The van der Waals surface area contributed by atoms with E-state index in [9.17, 15) is 17.8 Å². The van der Waals surface area contributed by atoms with Gasteiger partial charge in [0.25, 0.3) is 10.1 Å². The number of hydrogen-bond acceptors (Lipinski definition) is 6. The van der Waals surface area contributed by atoms with Crippen molar-refractivity contribution in [2.45, 2.75) is 50.7 Å². The van der Waals surface area contributed by atoms with Gasteiger partial charge in [0, 0.05) is 12.7 Å². The van der Waals surface area contributed by atoms with E-state index in [-0.39, 0.29) is 15.8 Å². The Morgan fingerprint density at radius 3 is 2.23 bits per heavy atom. The fraction of sp³-hybridized carbons (Fsp3) is 0.471. The normalized spacial score (nSPS) is 19.6. The average Bonchev–Trinajstić information content (AvgIpc) is 2.71. The summed E-state index contributed by atoms with van der Waals surface area (Å²) in [5.74, 6) is 0.284. The maximum atomic E-state index is 11.6. The maximum Gasteiger partial charge on any atom is 0.491 e. The largest absolute Gasteiger partial charge is 0.491 e. The average molecular weight is 398 g/mol. The lowest BCUT2D eigenvalue weighted by atomic mass is 9.78. The van der Waals surface area contributed by atoms with Gasteiger partial charge in [0.1, 0.15) is 4.90 Å². The zero-order valence-corrected chi connectivity index (χ0v) is 17.1. The predicted molar refractivity (Wildman–Crippen MR) is 103 cm³/mol. The van der Waals surface area contributed by atoms with E-state index in [1.165, 1.54) is 19.1 Å². The van der Waals surface area contributed by atoms with Crippen LogP contribution >= 0.6 is 11.8 Å². The standard InChI is InChI=1S/C17H23BO6S2/c1-12(19)25-11-14(18-23-16(2,3)17(4,5)24-18)10-13-8-6-7-9-15(13)26(20,21)22/h6-10H,11H2,1-5H3,(H,20,21,22). The molecular formula is C17H23BO6S2. The first-order valence-electron chi connectivity index (χ1n) is 8.09. The first-order chi connectivity index (χ1) is 11.8. The third-order valence-electron chi connectivity index (χ3n) is 4.54. The second-order valence-electron chi connectivity index (χ2n) is 7.10. The molecule has 2 rings (SSSR count). The monoisotopic (exact) mass is 398 g/mol. The molecule has 6 nitrogen and oxygen atoms in total. The molecule has 1 aliphatic heterocycles. The summed E-state index contributed by atoms with van der Waals surface area (Å²) in [6.07, 6.45) is 1.60. The van der Waals surface area contributed by atoms with E-state index in [4.69, 9.17) is 9.31 Å². The van der Waals surface area contributed by atoms with Crippen LogP contribution in [0.25, 0.3) is 6.08 Å². The highest BCUT2D eigenvalue weighted by atomic mass is 32.2. The van der Waals surface area contributed by atoms with Crippen LogP contribution in [0.2, 0.25) is 0 Å². The van der Waals surface area contributed by atoms with Gasteiger partial charge in [-0.3, -0.25) is 9.35 Å². The molecule has 1 aliphatic rings. The van der Waals surface area contributed by atoms with Gasteiger partial charge in [0.2, 0.25) is 0 Å². The Bertz CT molecular complexity index is 813. The van der Waals surface area contributed by atoms with Crippen LogP contribution in [0.3, 0.4) is 0 Å². The van der Waals surface area contributed by atoms with Gasteiger partial charge < -0.3 is 9.31 Å². The lowest BCUT2D eigenvalue weighted by molar-refractivity contribution is -0.109. The Morgan fingerprint density at radius 2 is 1.73 bits per heavy atom. The van der Waals surface area contributed by atoms with Crippen molar-refractivity contribution in [1.82, 2.24) is 0 Å². The molecule has 0 aliphatic carbocycles. The second-order valence-corrected chi connectivity index (χ2v) is 9.64. The van der Waals surface area contributed by atoms with Gasteiger partial charge in [-0.05, 0) is 44.8 Å². The minimum Gasteiger partial charge on any atom is -0.400 e. The van der Waals surface area contributed by atoms with E-state index in [2.05, 4.69) is 0 Å². The molecular weight excluding hydrogens is 375 g/mol. The Labute approximate surface area is 159 Å². The van der Waals surface area contributed by atoms with E-state index in [1.54, 1.807) is 18.2 Å². The van der Waals surface area contributed by atoms with Crippen molar-refractivity contribution in [1.29, 1.82) is 0 Å². The fourth-order valence-electron chi connectivity index (χ4n) is 2.39. The Balaban J connectivity index is 2.47. The molecule has 0 aromatic heterocycles. The lowest BCUT2D eigenvalue weighted by Gasteiger charge is -2.32. The number of hydrogen-bond donors (Lipinski definition) is 1. The topological polar surface area (TPSA) is 89.9 Å². The van der Waals surface area contributed by atoms with Crippen LogP contribution < -0.4 is 0 Å². The first-order valence-corrected chi connectivity index (χ1v) is 10.5. The molecule has 1 aromatic rings. The molecule has 1 aromatic carbocycles. The number of carbonyl (C=O) groups excluding carboxylic acids is 1. The van der Waals surface area contributed by atoms with Gasteiger partial charge in [0.05, 0.1) is 11.2 Å². The Kier molecular flexibility index (Phi) is 6.09. The van der Waals surface area contributed by atoms with Crippen LogP contribution in [0.5, 0.6) is 0 Å². The predicted octanol–water partition coefficient (Wildman–Crippen LogP) is 3.23. The van der Waals surface area contributed by atoms with Crippen molar-refractivity contribution in [3.8, 4) is 0 Å². The summed E-state index contributed by atoms with van der Waals surface area (Å²) in [7, 11) is -5.10. The van der Waals surface area contributed by atoms with Gasteiger partial charge in [-0.2, -0.15) is 8.42 Å². The molecule has 142 valence electrons. The molecule has 0 atom stereocenters. The molecule has 1 saturated heterocycles. The quantitative estimate of drug-likeness (QED) is 0.602. The minimum atomic E-state index is -4.38. The minimum absolute atomic E-state index is 0.0736. The molecule has 9 heteroatoms. The van der Waals surface area contributed by atoms with Crippen LogP contribution in [0.4, 0.5) is 0 Å². The molecule has 0 spiro atoms. The van der Waals surface area contributed by atoms with Crippen molar-refractivity contribution >= 4 is 40.2 Å². The third-order valence-corrected chi connectivity index (χ3v) is 6.35. The van der Waals surface area contributed by atoms with Crippen molar-refractivity contribution in [2.24, 2.45) is 0 Å². The molecule has 0 bridgehead atoms. The first kappa shape index (κ1) is 21.2. The summed E-state index contributed by atoms with van der Waals surface area (Å²) in [6.45, 7) is 9.10. The zero-order valence-electron chi connectivity index (χ0n) is 15.5. The highest BCUT2D eigenvalue weighted by Crippen LogP contribution is 2.39. The van der Waals surface area contributed by atoms with Crippen molar-refractivity contribution in [3.63, 3.8) is 0 Å². The maximum absolute atomic E-state index is 11.6. The van der Waals surface area contributed by atoms with E-state index < -0.39 is 28.4 Å². The summed E-state index contributed by atoms with van der Waals surface area (Å²) in [4.78, 5) is 11.2. The summed E-state index contributed by atoms with van der Waals surface area (Å²) >= 11 is 1.08. The van der Waals surface area contributed by atoms with E-state index in [0.717, 1.165) is 11.8 Å². The molecule has 0 saturated carbocycles.